The molecule has 0 radical (unpaired) electrons. The van der Waals surface area contributed by atoms with Gasteiger partial charge in [-0.15, -0.1) is 0 Å². The zero-order valence-electron chi connectivity index (χ0n) is 10.7. The van der Waals surface area contributed by atoms with Crippen LogP contribution in [0.25, 0.3) is 11.4 Å². The summed E-state index contributed by atoms with van der Waals surface area (Å²) < 4.78 is 55.1. The lowest BCUT2D eigenvalue weighted by Gasteiger charge is -2.05. The van der Waals surface area contributed by atoms with Gasteiger partial charge in [0.1, 0.15) is 5.82 Å². The number of benzene rings is 1. The smallest absolute Gasteiger partial charge is 0.329 e. The lowest BCUT2D eigenvalue weighted by molar-refractivity contribution is -0.159. The van der Waals surface area contributed by atoms with Gasteiger partial charge in [0.2, 0.25) is 5.82 Å². The maximum atomic E-state index is 13.9. The first-order valence-electron chi connectivity index (χ1n) is 6.36. The Morgan fingerprint density at radius 3 is 2.62 bits per heavy atom. The molecule has 1 heterocycles. The first-order valence-corrected chi connectivity index (χ1v) is 6.36. The van der Waals surface area contributed by atoms with Gasteiger partial charge in [0, 0.05) is 23.7 Å². The maximum absolute atomic E-state index is 13.9. The number of hydrogen-bond donors (Lipinski definition) is 1. The van der Waals surface area contributed by atoms with Crippen LogP contribution in [0.3, 0.4) is 0 Å². The van der Waals surface area contributed by atoms with Gasteiger partial charge in [-0.05, 0) is 18.9 Å². The van der Waals surface area contributed by atoms with E-state index in [4.69, 9.17) is 0 Å². The van der Waals surface area contributed by atoms with Crippen LogP contribution in [0.2, 0.25) is 0 Å². The number of aromatic nitrogens is 2. The SMILES string of the molecule is Fc1cc(-c2noc(C(F)(F)F)n2)ccc1CNC1CC1. The fraction of sp³-hybridized carbons (Fsp3) is 0.385. The number of alkyl halides is 3. The Balaban J connectivity index is 1.79. The molecule has 0 saturated heterocycles. The average molecular weight is 301 g/mol. The number of nitrogens with zero attached hydrogens (tertiary/aromatic N) is 2. The van der Waals surface area contributed by atoms with Crippen molar-refractivity contribution < 1.29 is 22.1 Å². The quantitative estimate of drug-likeness (QED) is 0.881. The fourth-order valence-corrected chi connectivity index (χ4v) is 1.83. The summed E-state index contributed by atoms with van der Waals surface area (Å²) >= 11 is 0. The predicted molar refractivity (Wildman–Crippen MR) is 64.6 cm³/mol. The van der Waals surface area contributed by atoms with Crippen molar-refractivity contribution in [1.29, 1.82) is 0 Å². The molecule has 21 heavy (non-hydrogen) atoms. The first kappa shape index (κ1) is 14.0. The van der Waals surface area contributed by atoms with Gasteiger partial charge in [-0.2, -0.15) is 18.2 Å². The molecule has 1 aromatic heterocycles. The molecular weight excluding hydrogens is 290 g/mol. The van der Waals surface area contributed by atoms with Crippen molar-refractivity contribution in [2.45, 2.75) is 31.6 Å². The lowest BCUT2D eigenvalue weighted by atomic mass is 10.1. The van der Waals surface area contributed by atoms with E-state index in [2.05, 4.69) is 20.0 Å². The molecule has 8 heteroatoms. The number of halogens is 4. The summed E-state index contributed by atoms with van der Waals surface area (Å²) in [7, 11) is 0. The van der Waals surface area contributed by atoms with E-state index in [-0.39, 0.29) is 11.4 Å². The summed E-state index contributed by atoms with van der Waals surface area (Å²) in [6, 6.07) is 4.52. The van der Waals surface area contributed by atoms with E-state index in [1.807, 2.05) is 0 Å². The van der Waals surface area contributed by atoms with Crippen LogP contribution in [-0.4, -0.2) is 16.2 Å². The van der Waals surface area contributed by atoms with E-state index in [9.17, 15) is 17.6 Å². The molecular formula is C13H11F4N3O. The molecule has 2 aromatic rings. The van der Waals surface area contributed by atoms with E-state index in [1.54, 1.807) is 0 Å². The van der Waals surface area contributed by atoms with Crippen molar-refractivity contribution >= 4 is 0 Å². The van der Waals surface area contributed by atoms with E-state index in [1.165, 1.54) is 12.1 Å². The molecule has 0 atom stereocenters. The second-order valence-corrected chi connectivity index (χ2v) is 4.88. The van der Waals surface area contributed by atoms with Crippen molar-refractivity contribution in [3.63, 3.8) is 0 Å². The Kier molecular flexibility index (Phi) is 3.40. The highest BCUT2D eigenvalue weighted by atomic mass is 19.4. The summed E-state index contributed by atoms with van der Waals surface area (Å²) in [5.41, 5.74) is 0.590. The highest BCUT2D eigenvalue weighted by Crippen LogP contribution is 2.29. The molecule has 1 aliphatic rings. The summed E-state index contributed by atoms with van der Waals surface area (Å²) in [6.07, 6.45) is -2.54. The summed E-state index contributed by atoms with van der Waals surface area (Å²) in [5.74, 6) is -2.25. The van der Waals surface area contributed by atoms with Gasteiger partial charge >= 0.3 is 12.1 Å². The highest BCUT2D eigenvalue weighted by molar-refractivity contribution is 5.55. The van der Waals surface area contributed by atoms with Gasteiger partial charge in [0.05, 0.1) is 0 Å². The Hall–Kier alpha value is -1.96. The van der Waals surface area contributed by atoms with Crippen LogP contribution < -0.4 is 5.32 Å². The van der Waals surface area contributed by atoms with Crippen molar-refractivity contribution in [3.05, 3.63) is 35.5 Å². The van der Waals surface area contributed by atoms with Gasteiger partial charge in [0.15, 0.2) is 0 Å². The molecule has 1 aliphatic carbocycles. The van der Waals surface area contributed by atoms with E-state index < -0.39 is 17.9 Å². The van der Waals surface area contributed by atoms with Crippen LogP contribution in [-0.2, 0) is 12.7 Å². The van der Waals surface area contributed by atoms with Gasteiger partial charge in [-0.1, -0.05) is 17.3 Å². The predicted octanol–water partition coefficient (Wildman–Crippen LogP) is 3.15. The molecule has 1 fully saturated rings. The van der Waals surface area contributed by atoms with Crippen molar-refractivity contribution in [2.75, 3.05) is 0 Å². The number of nitrogens with one attached hydrogen (secondary N) is 1. The van der Waals surface area contributed by atoms with E-state index in [0.717, 1.165) is 18.9 Å². The van der Waals surface area contributed by atoms with Gasteiger partial charge in [-0.25, -0.2) is 4.39 Å². The molecule has 1 aromatic carbocycles. The summed E-state index contributed by atoms with van der Waals surface area (Å²) in [6.45, 7) is 0.386. The molecule has 3 rings (SSSR count). The molecule has 0 unspecified atom stereocenters. The van der Waals surface area contributed by atoms with Gasteiger partial charge in [-0.3, -0.25) is 0 Å². The average Bonchev–Trinajstić information content (AvgIpc) is 3.09. The first-order chi connectivity index (χ1) is 9.93. The van der Waals surface area contributed by atoms with Crippen molar-refractivity contribution in [3.8, 4) is 11.4 Å². The van der Waals surface area contributed by atoms with Crippen LogP contribution in [0.5, 0.6) is 0 Å². The highest BCUT2D eigenvalue weighted by Gasteiger charge is 2.38. The van der Waals surface area contributed by atoms with E-state index >= 15 is 0 Å². The van der Waals surface area contributed by atoms with Crippen LogP contribution in [0.15, 0.2) is 22.7 Å². The topological polar surface area (TPSA) is 51.0 Å². The third-order valence-corrected chi connectivity index (χ3v) is 3.14. The minimum absolute atomic E-state index is 0.141. The van der Waals surface area contributed by atoms with Gasteiger partial charge in [0.25, 0.3) is 0 Å². The number of rotatable bonds is 4. The molecule has 0 amide bonds. The molecule has 1 saturated carbocycles. The van der Waals surface area contributed by atoms with Crippen LogP contribution in [0.1, 0.15) is 24.3 Å². The molecule has 0 aliphatic heterocycles. The largest absolute Gasteiger partial charge is 0.471 e. The molecule has 0 spiro atoms. The minimum atomic E-state index is -4.71. The Labute approximate surface area is 117 Å². The summed E-state index contributed by atoms with van der Waals surface area (Å²) in [5, 5.41) is 6.38. The van der Waals surface area contributed by atoms with E-state index in [0.29, 0.717) is 18.2 Å². The zero-order chi connectivity index (χ0) is 15.0. The fourth-order valence-electron chi connectivity index (χ4n) is 1.83. The molecule has 112 valence electrons. The van der Waals surface area contributed by atoms with Crippen LogP contribution in [0.4, 0.5) is 17.6 Å². The Bertz CT molecular complexity index is 649. The monoisotopic (exact) mass is 301 g/mol. The second-order valence-electron chi connectivity index (χ2n) is 4.88. The standard InChI is InChI=1S/C13H11F4N3O/c14-10-5-7(1-2-8(10)6-18-9-3-4-9)11-19-12(21-20-11)13(15,16)17/h1-2,5,9,18H,3-4,6H2. The normalized spacial score (nSPS) is 15.4. The lowest BCUT2D eigenvalue weighted by Crippen LogP contribution is -2.16. The maximum Gasteiger partial charge on any atom is 0.471 e. The second kappa shape index (κ2) is 5.10. The molecule has 0 bridgehead atoms. The van der Waals surface area contributed by atoms with Crippen LogP contribution in [0, 0.1) is 5.82 Å². The van der Waals surface area contributed by atoms with Crippen molar-refractivity contribution in [2.24, 2.45) is 0 Å². The molecule has 4 nitrogen and oxygen atoms in total. The third-order valence-electron chi connectivity index (χ3n) is 3.14. The minimum Gasteiger partial charge on any atom is -0.329 e. The Morgan fingerprint density at radius 2 is 2.05 bits per heavy atom. The van der Waals surface area contributed by atoms with Crippen LogP contribution >= 0.6 is 0 Å². The Morgan fingerprint density at radius 1 is 1.29 bits per heavy atom. The summed E-state index contributed by atoms with van der Waals surface area (Å²) in [4.78, 5) is 3.22. The van der Waals surface area contributed by atoms with Crippen molar-refractivity contribution in [1.82, 2.24) is 15.5 Å². The third kappa shape index (κ3) is 3.21. The van der Waals surface area contributed by atoms with Gasteiger partial charge < -0.3 is 9.84 Å². The number of hydrogen-bond acceptors (Lipinski definition) is 4. The molecule has 1 N–H and O–H groups in total. The zero-order valence-corrected chi connectivity index (χ0v) is 10.7.